The second kappa shape index (κ2) is 8.17. The van der Waals surface area contributed by atoms with Gasteiger partial charge in [0.2, 0.25) is 10.0 Å². The molecule has 1 saturated heterocycles. The summed E-state index contributed by atoms with van der Waals surface area (Å²) in [6.45, 7) is 0.444. The van der Waals surface area contributed by atoms with E-state index in [9.17, 15) is 17.6 Å². The van der Waals surface area contributed by atoms with Crippen molar-refractivity contribution in [3.63, 3.8) is 0 Å². The van der Waals surface area contributed by atoms with Gasteiger partial charge in [-0.05, 0) is 49.2 Å². The van der Waals surface area contributed by atoms with Crippen molar-refractivity contribution in [2.45, 2.75) is 24.3 Å². The molecule has 1 atom stereocenters. The van der Waals surface area contributed by atoms with Crippen LogP contribution in [0.5, 0.6) is 0 Å². The third-order valence-corrected chi connectivity index (χ3v) is 7.73. The van der Waals surface area contributed by atoms with Crippen LogP contribution in [0.15, 0.2) is 53.4 Å². The van der Waals surface area contributed by atoms with E-state index in [1.165, 1.54) is 27.8 Å². The summed E-state index contributed by atoms with van der Waals surface area (Å²) < 4.78 is 46.4. The average Bonchev–Trinajstić information content (AvgIpc) is 3.15. The quantitative estimate of drug-likeness (QED) is 0.574. The highest BCUT2D eigenvalue weighted by Crippen LogP contribution is 2.26. The lowest BCUT2D eigenvalue weighted by atomic mass is 10.0. The van der Waals surface area contributed by atoms with Crippen LogP contribution in [-0.4, -0.2) is 36.8 Å². The SMILES string of the molecule is O=C(OCc1nc2ccccc2s1)[C@@H]1CCCN(S(=O)(=O)c2ccc(F)cc2)C1. The number of hydrogen-bond acceptors (Lipinski definition) is 6. The molecule has 1 aliphatic rings. The highest BCUT2D eigenvalue weighted by atomic mass is 32.2. The van der Waals surface area contributed by atoms with Gasteiger partial charge in [-0.15, -0.1) is 11.3 Å². The summed E-state index contributed by atoms with van der Waals surface area (Å²) in [5, 5.41) is 0.700. The molecule has 0 aliphatic carbocycles. The summed E-state index contributed by atoms with van der Waals surface area (Å²) in [6.07, 6.45) is 1.12. The third kappa shape index (κ3) is 4.31. The summed E-state index contributed by atoms with van der Waals surface area (Å²) in [7, 11) is -3.78. The number of piperidine rings is 1. The molecule has 29 heavy (non-hydrogen) atoms. The van der Waals surface area contributed by atoms with E-state index in [4.69, 9.17) is 4.74 Å². The summed E-state index contributed by atoms with van der Waals surface area (Å²) in [4.78, 5) is 17.0. The first-order valence-electron chi connectivity index (χ1n) is 9.20. The van der Waals surface area contributed by atoms with E-state index in [1.54, 1.807) is 0 Å². The molecule has 0 unspecified atom stereocenters. The number of nitrogens with zero attached hydrogens (tertiary/aromatic N) is 2. The maximum atomic E-state index is 13.1. The molecular weight excluding hydrogens is 415 g/mol. The second-order valence-corrected chi connectivity index (χ2v) is 9.89. The van der Waals surface area contributed by atoms with Gasteiger partial charge in [0.1, 0.15) is 17.4 Å². The molecule has 4 rings (SSSR count). The Labute approximate surface area is 172 Å². The molecular formula is C20H19FN2O4S2. The molecule has 0 saturated carbocycles. The molecule has 6 nitrogen and oxygen atoms in total. The van der Waals surface area contributed by atoms with Crippen LogP contribution in [0, 0.1) is 11.7 Å². The van der Waals surface area contributed by atoms with Gasteiger partial charge in [0, 0.05) is 13.1 Å². The predicted molar refractivity (Wildman–Crippen MR) is 107 cm³/mol. The Hall–Kier alpha value is -2.36. The standard InChI is InChI=1S/C20H19FN2O4S2/c21-15-7-9-16(10-8-15)29(25,26)23-11-3-4-14(12-23)20(24)27-13-19-22-17-5-1-2-6-18(17)28-19/h1-2,5-10,14H,3-4,11-13H2/t14-/m1/s1. The molecule has 152 valence electrons. The van der Waals surface area contributed by atoms with E-state index in [0.717, 1.165) is 22.3 Å². The molecule has 2 heterocycles. The van der Waals surface area contributed by atoms with Gasteiger partial charge >= 0.3 is 5.97 Å². The summed E-state index contributed by atoms with van der Waals surface area (Å²) in [5.41, 5.74) is 0.859. The summed E-state index contributed by atoms with van der Waals surface area (Å²) >= 11 is 1.46. The van der Waals surface area contributed by atoms with E-state index in [2.05, 4.69) is 4.98 Å². The van der Waals surface area contributed by atoms with Crippen molar-refractivity contribution >= 4 is 37.5 Å². The average molecular weight is 435 g/mol. The molecule has 0 spiro atoms. The smallest absolute Gasteiger partial charge is 0.310 e. The van der Waals surface area contributed by atoms with Crippen LogP contribution in [0.25, 0.3) is 10.2 Å². The number of aromatic nitrogens is 1. The van der Waals surface area contributed by atoms with Gasteiger partial charge in [-0.3, -0.25) is 4.79 Å². The number of thiazole rings is 1. The van der Waals surface area contributed by atoms with Gasteiger partial charge in [0.05, 0.1) is 21.0 Å². The minimum atomic E-state index is -3.78. The van der Waals surface area contributed by atoms with Crippen molar-refractivity contribution < 1.29 is 22.3 Å². The topological polar surface area (TPSA) is 76.6 Å². The lowest BCUT2D eigenvalue weighted by molar-refractivity contribution is -0.151. The van der Waals surface area contributed by atoms with Crippen molar-refractivity contribution in [2.75, 3.05) is 13.1 Å². The second-order valence-electron chi connectivity index (χ2n) is 6.84. The molecule has 0 N–H and O–H groups in total. The van der Waals surface area contributed by atoms with Crippen LogP contribution in [0.4, 0.5) is 4.39 Å². The Bertz CT molecular complexity index is 1100. The first kappa shape index (κ1) is 19.9. The first-order chi connectivity index (χ1) is 13.9. The van der Waals surface area contributed by atoms with Crippen molar-refractivity contribution in [1.82, 2.24) is 9.29 Å². The van der Waals surface area contributed by atoms with Gasteiger partial charge in [-0.1, -0.05) is 12.1 Å². The monoisotopic (exact) mass is 434 g/mol. The Morgan fingerprint density at radius 2 is 1.97 bits per heavy atom. The number of carbonyl (C=O) groups is 1. The maximum absolute atomic E-state index is 13.1. The number of rotatable bonds is 5. The van der Waals surface area contributed by atoms with Gasteiger partial charge in [0.25, 0.3) is 0 Å². The zero-order valence-corrected chi connectivity index (χ0v) is 17.1. The van der Waals surface area contributed by atoms with Crippen LogP contribution >= 0.6 is 11.3 Å². The number of sulfonamides is 1. The number of ether oxygens (including phenoxy) is 1. The Kier molecular flexibility index (Phi) is 5.62. The number of para-hydroxylation sites is 1. The molecule has 2 aromatic carbocycles. The molecule has 9 heteroatoms. The fourth-order valence-corrected chi connectivity index (χ4v) is 5.75. The molecule has 3 aromatic rings. The zero-order valence-electron chi connectivity index (χ0n) is 15.5. The van der Waals surface area contributed by atoms with E-state index in [1.807, 2.05) is 24.3 Å². The van der Waals surface area contributed by atoms with Crippen molar-refractivity contribution in [1.29, 1.82) is 0 Å². The summed E-state index contributed by atoms with van der Waals surface area (Å²) in [5.74, 6) is -1.46. The molecule has 1 aromatic heterocycles. The number of benzene rings is 2. The predicted octanol–water partition coefficient (Wildman–Crippen LogP) is 3.58. The molecule has 0 radical (unpaired) electrons. The van der Waals surface area contributed by atoms with Gasteiger partial charge in [0.15, 0.2) is 0 Å². The fraction of sp³-hybridized carbons (Fsp3) is 0.300. The van der Waals surface area contributed by atoms with Crippen LogP contribution in [0.1, 0.15) is 17.8 Å². The van der Waals surface area contributed by atoms with Crippen molar-refractivity contribution in [3.8, 4) is 0 Å². The van der Waals surface area contributed by atoms with E-state index >= 15 is 0 Å². The normalized spacial score (nSPS) is 18.0. The summed E-state index contributed by atoms with van der Waals surface area (Å²) in [6, 6.07) is 12.4. The van der Waals surface area contributed by atoms with Gasteiger partial charge < -0.3 is 4.74 Å². The Balaban J connectivity index is 1.40. The molecule has 1 aliphatic heterocycles. The van der Waals surface area contributed by atoms with E-state index < -0.39 is 27.7 Å². The maximum Gasteiger partial charge on any atom is 0.310 e. The van der Waals surface area contributed by atoms with Crippen molar-refractivity contribution in [2.24, 2.45) is 5.92 Å². The number of carbonyl (C=O) groups excluding carboxylic acids is 1. The lowest BCUT2D eigenvalue weighted by Crippen LogP contribution is -2.42. The van der Waals surface area contributed by atoms with Crippen molar-refractivity contribution in [3.05, 3.63) is 59.4 Å². The highest BCUT2D eigenvalue weighted by molar-refractivity contribution is 7.89. The molecule has 0 amide bonds. The van der Waals surface area contributed by atoms with Gasteiger partial charge in [-0.2, -0.15) is 4.31 Å². The number of hydrogen-bond donors (Lipinski definition) is 0. The number of esters is 1. The Morgan fingerprint density at radius 3 is 2.72 bits per heavy atom. The fourth-order valence-electron chi connectivity index (χ4n) is 3.34. The highest BCUT2D eigenvalue weighted by Gasteiger charge is 2.34. The minimum Gasteiger partial charge on any atom is -0.458 e. The Morgan fingerprint density at radius 1 is 1.21 bits per heavy atom. The zero-order chi connectivity index (χ0) is 20.4. The molecule has 0 bridgehead atoms. The molecule has 1 fully saturated rings. The van der Waals surface area contributed by atoms with E-state index in [-0.39, 0.29) is 18.0 Å². The largest absolute Gasteiger partial charge is 0.458 e. The van der Waals surface area contributed by atoms with Crippen LogP contribution in [0.3, 0.4) is 0 Å². The van der Waals surface area contributed by atoms with Gasteiger partial charge in [-0.25, -0.2) is 17.8 Å². The lowest BCUT2D eigenvalue weighted by Gasteiger charge is -2.30. The van der Waals surface area contributed by atoms with Crippen LogP contribution < -0.4 is 0 Å². The minimum absolute atomic E-state index is 0.0161. The third-order valence-electron chi connectivity index (χ3n) is 4.84. The van der Waals surface area contributed by atoms with Crippen LogP contribution in [-0.2, 0) is 26.2 Å². The number of fused-ring (bicyclic) bond motifs is 1. The first-order valence-corrected chi connectivity index (χ1v) is 11.5. The van der Waals surface area contributed by atoms with Crippen LogP contribution in [0.2, 0.25) is 0 Å². The number of halogens is 1. The van der Waals surface area contributed by atoms with E-state index in [0.29, 0.717) is 24.4 Å².